The van der Waals surface area contributed by atoms with Gasteiger partial charge in [0.1, 0.15) is 0 Å². The maximum Gasteiger partial charge on any atom is 0.248 e. The highest BCUT2D eigenvalue weighted by molar-refractivity contribution is 5.93. The quantitative estimate of drug-likeness (QED) is 0.831. The summed E-state index contributed by atoms with van der Waals surface area (Å²) in [4.78, 5) is 28.5. The average molecular weight is 373 g/mol. The molecule has 0 bridgehead atoms. The van der Waals surface area contributed by atoms with E-state index >= 15 is 0 Å². The van der Waals surface area contributed by atoms with Gasteiger partial charge in [0.15, 0.2) is 0 Å². The van der Waals surface area contributed by atoms with E-state index in [0.717, 1.165) is 57.5 Å². The van der Waals surface area contributed by atoms with Crippen molar-refractivity contribution < 1.29 is 9.59 Å². The first-order chi connectivity index (χ1) is 12.9. The molecular formula is C21H32N4O2. The molecule has 1 heterocycles. The molecule has 3 N–H and O–H groups in total. The number of hydrogen-bond acceptors (Lipinski definition) is 4. The Balaban J connectivity index is 1.44. The number of piperazine rings is 1. The fourth-order valence-corrected chi connectivity index (χ4v) is 4.17. The molecule has 0 aromatic heterocycles. The summed E-state index contributed by atoms with van der Waals surface area (Å²) in [5, 5.41) is 3.52. The smallest absolute Gasteiger partial charge is 0.248 e. The molecule has 1 aromatic rings. The third kappa shape index (κ3) is 5.01. The monoisotopic (exact) mass is 372 g/mol. The van der Waals surface area contributed by atoms with Gasteiger partial charge >= 0.3 is 0 Å². The normalized spacial score (nSPS) is 24.0. The lowest BCUT2D eigenvalue weighted by molar-refractivity contribution is -0.138. The summed E-state index contributed by atoms with van der Waals surface area (Å²) in [6.07, 6.45) is 3.89. The van der Waals surface area contributed by atoms with Gasteiger partial charge in [0.05, 0.1) is 0 Å². The van der Waals surface area contributed by atoms with Gasteiger partial charge in [0.25, 0.3) is 0 Å². The molecule has 27 heavy (non-hydrogen) atoms. The molecule has 0 unspecified atom stereocenters. The van der Waals surface area contributed by atoms with Gasteiger partial charge in [-0.25, -0.2) is 0 Å². The third-order valence-corrected chi connectivity index (χ3v) is 5.97. The molecule has 1 aliphatic carbocycles. The second-order valence-corrected chi connectivity index (χ2v) is 8.09. The van der Waals surface area contributed by atoms with E-state index < -0.39 is 5.91 Å². The van der Waals surface area contributed by atoms with E-state index in [2.05, 4.69) is 29.0 Å². The second kappa shape index (κ2) is 8.74. The average Bonchev–Trinajstić information content (AvgIpc) is 2.68. The summed E-state index contributed by atoms with van der Waals surface area (Å²) in [5.74, 6) is 0.114. The fourth-order valence-electron chi connectivity index (χ4n) is 4.17. The van der Waals surface area contributed by atoms with Gasteiger partial charge in [-0.3, -0.25) is 14.5 Å². The van der Waals surface area contributed by atoms with Crippen LogP contribution in [0.15, 0.2) is 24.3 Å². The van der Waals surface area contributed by atoms with Crippen molar-refractivity contribution >= 4 is 17.5 Å². The zero-order valence-corrected chi connectivity index (χ0v) is 16.5. The minimum Gasteiger partial charge on any atom is -0.382 e. The van der Waals surface area contributed by atoms with Crippen LogP contribution in [0.1, 0.15) is 49.9 Å². The minimum atomic E-state index is -0.408. The van der Waals surface area contributed by atoms with Crippen molar-refractivity contribution in [2.75, 3.05) is 31.5 Å². The molecule has 1 aliphatic heterocycles. The number of nitrogens with two attached hydrogens (primary N) is 1. The van der Waals surface area contributed by atoms with Crippen molar-refractivity contribution in [2.45, 2.75) is 51.6 Å². The molecule has 1 saturated carbocycles. The summed E-state index contributed by atoms with van der Waals surface area (Å²) in [7, 11) is 0. The van der Waals surface area contributed by atoms with Crippen LogP contribution in [0.3, 0.4) is 0 Å². The van der Waals surface area contributed by atoms with E-state index in [1.54, 1.807) is 12.1 Å². The Bertz CT molecular complexity index is 643. The highest BCUT2D eigenvalue weighted by Crippen LogP contribution is 2.28. The number of rotatable bonds is 5. The van der Waals surface area contributed by atoms with Crippen molar-refractivity contribution in [1.82, 2.24) is 9.80 Å². The van der Waals surface area contributed by atoms with Crippen LogP contribution in [-0.4, -0.2) is 59.9 Å². The first-order valence-electron chi connectivity index (χ1n) is 10.1. The van der Waals surface area contributed by atoms with Gasteiger partial charge in [0, 0.05) is 55.4 Å². The highest BCUT2D eigenvalue weighted by Gasteiger charge is 2.31. The number of nitrogens with one attached hydrogen (secondary N) is 1. The van der Waals surface area contributed by atoms with E-state index in [1.807, 2.05) is 12.1 Å². The summed E-state index contributed by atoms with van der Waals surface area (Å²) in [6, 6.07) is 8.22. The largest absolute Gasteiger partial charge is 0.382 e. The summed E-state index contributed by atoms with van der Waals surface area (Å²) in [6.45, 7) is 8.13. The molecule has 0 spiro atoms. The Morgan fingerprint density at radius 1 is 1.00 bits per heavy atom. The topological polar surface area (TPSA) is 78.7 Å². The molecule has 2 amide bonds. The summed E-state index contributed by atoms with van der Waals surface area (Å²) >= 11 is 0. The van der Waals surface area contributed by atoms with Crippen molar-refractivity contribution in [3.8, 4) is 0 Å². The number of amides is 2. The Kier molecular flexibility index (Phi) is 6.37. The molecule has 0 atom stereocenters. The van der Waals surface area contributed by atoms with Crippen LogP contribution in [0.25, 0.3) is 0 Å². The molecule has 2 fully saturated rings. The van der Waals surface area contributed by atoms with E-state index in [1.165, 1.54) is 0 Å². The zero-order chi connectivity index (χ0) is 19.4. The molecule has 1 saturated heterocycles. The number of hydrogen-bond donors (Lipinski definition) is 2. The maximum atomic E-state index is 12.8. The van der Waals surface area contributed by atoms with Crippen LogP contribution in [-0.2, 0) is 4.79 Å². The number of carbonyl (C=O) groups excluding carboxylic acids is 2. The molecule has 0 radical (unpaired) electrons. The highest BCUT2D eigenvalue weighted by atomic mass is 16.2. The van der Waals surface area contributed by atoms with Gasteiger partial charge in [-0.05, 0) is 63.8 Å². The number of anilines is 1. The van der Waals surface area contributed by atoms with Gasteiger partial charge in [-0.2, -0.15) is 0 Å². The Morgan fingerprint density at radius 3 is 2.11 bits per heavy atom. The summed E-state index contributed by atoms with van der Waals surface area (Å²) < 4.78 is 0. The predicted molar refractivity (Wildman–Crippen MR) is 108 cm³/mol. The number of benzene rings is 1. The van der Waals surface area contributed by atoms with Gasteiger partial charge in [-0.1, -0.05) is 0 Å². The first-order valence-corrected chi connectivity index (χ1v) is 10.1. The van der Waals surface area contributed by atoms with Crippen molar-refractivity contribution in [1.29, 1.82) is 0 Å². The molecule has 6 heteroatoms. The van der Waals surface area contributed by atoms with Crippen molar-refractivity contribution in [2.24, 2.45) is 11.7 Å². The Labute approximate surface area is 162 Å². The van der Waals surface area contributed by atoms with Crippen LogP contribution < -0.4 is 11.1 Å². The van der Waals surface area contributed by atoms with Crippen LogP contribution in [0.4, 0.5) is 5.69 Å². The van der Waals surface area contributed by atoms with Gasteiger partial charge in [0.2, 0.25) is 11.8 Å². The van der Waals surface area contributed by atoms with E-state index in [4.69, 9.17) is 5.73 Å². The SMILES string of the molecule is CC(C)N1CCN(C(=O)C2CCC(Nc3ccc(C(N)=O)cc3)CC2)CC1. The number of primary amides is 1. The van der Waals surface area contributed by atoms with Crippen molar-refractivity contribution in [3.63, 3.8) is 0 Å². The van der Waals surface area contributed by atoms with Crippen molar-refractivity contribution in [3.05, 3.63) is 29.8 Å². The lowest BCUT2D eigenvalue weighted by atomic mass is 9.85. The number of carbonyl (C=O) groups is 2. The van der Waals surface area contributed by atoms with Crippen LogP contribution in [0.5, 0.6) is 0 Å². The first kappa shape index (κ1) is 19.7. The molecule has 3 rings (SSSR count). The Morgan fingerprint density at radius 2 is 1.59 bits per heavy atom. The van der Waals surface area contributed by atoms with E-state index in [9.17, 15) is 9.59 Å². The van der Waals surface area contributed by atoms with Crippen LogP contribution in [0.2, 0.25) is 0 Å². The van der Waals surface area contributed by atoms with Gasteiger partial charge in [-0.15, -0.1) is 0 Å². The lowest BCUT2D eigenvalue weighted by Crippen LogP contribution is -2.52. The maximum absolute atomic E-state index is 12.8. The predicted octanol–water partition coefficient (Wildman–Crippen LogP) is 2.31. The standard InChI is InChI=1S/C21H32N4O2/c1-15(2)24-11-13-25(14-12-24)21(27)17-5-9-19(10-6-17)23-18-7-3-16(4-8-18)20(22)26/h3-4,7-8,15,17,19,23H,5-6,9-14H2,1-2H3,(H2,22,26). The van der Waals surface area contributed by atoms with Crippen LogP contribution in [0, 0.1) is 5.92 Å². The molecular weight excluding hydrogens is 340 g/mol. The Hall–Kier alpha value is -2.08. The summed E-state index contributed by atoms with van der Waals surface area (Å²) in [5.41, 5.74) is 6.80. The van der Waals surface area contributed by atoms with E-state index in [-0.39, 0.29) is 5.92 Å². The number of nitrogens with zero attached hydrogens (tertiary/aromatic N) is 2. The van der Waals surface area contributed by atoms with Crippen LogP contribution >= 0.6 is 0 Å². The molecule has 1 aromatic carbocycles. The molecule has 2 aliphatic rings. The lowest BCUT2D eigenvalue weighted by Gasteiger charge is -2.39. The van der Waals surface area contributed by atoms with E-state index in [0.29, 0.717) is 23.6 Å². The minimum absolute atomic E-state index is 0.172. The van der Waals surface area contributed by atoms with Gasteiger partial charge < -0.3 is 16.0 Å². The molecule has 148 valence electrons. The molecule has 6 nitrogen and oxygen atoms in total. The zero-order valence-electron chi connectivity index (χ0n) is 16.5. The third-order valence-electron chi connectivity index (χ3n) is 5.97. The second-order valence-electron chi connectivity index (χ2n) is 8.09. The fraction of sp³-hybridized carbons (Fsp3) is 0.619.